The van der Waals surface area contributed by atoms with E-state index in [0.717, 1.165) is 37.2 Å². The first-order valence-electron chi connectivity index (χ1n) is 12.0. The zero-order valence-electron chi connectivity index (χ0n) is 20.1. The van der Waals surface area contributed by atoms with E-state index >= 15 is 0 Å². The van der Waals surface area contributed by atoms with Gasteiger partial charge in [0.1, 0.15) is 18.1 Å². The number of likely N-dealkylation sites (tertiary alicyclic amines) is 1. The highest BCUT2D eigenvalue weighted by Gasteiger charge is 2.45. The van der Waals surface area contributed by atoms with Gasteiger partial charge in [-0.2, -0.15) is 0 Å². The normalized spacial score (nSPS) is 20.3. The van der Waals surface area contributed by atoms with Crippen LogP contribution in [0.25, 0.3) is 5.76 Å². The summed E-state index contributed by atoms with van der Waals surface area (Å²) >= 11 is 0. The van der Waals surface area contributed by atoms with Gasteiger partial charge < -0.3 is 19.5 Å². The van der Waals surface area contributed by atoms with Crippen molar-refractivity contribution >= 4 is 17.4 Å². The number of aliphatic hydroxyl groups excluding tert-OH is 1. The third-order valence-corrected chi connectivity index (χ3v) is 6.45. The van der Waals surface area contributed by atoms with E-state index in [1.165, 1.54) is 0 Å². The van der Waals surface area contributed by atoms with E-state index in [0.29, 0.717) is 37.7 Å². The summed E-state index contributed by atoms with van der Waals surface area (Å²) in [6.45, 7) is 10.3. The molecule has 2 aliphatic heterocycles. The van der Waals surface area contributed by atoms with Gasteiger partial charge in [-0.25, -0.2) is 0 Å². The summed E-state index contributed by atoms with van der Waals surface area (Å²) in [7, 11) is 0. The Morgan fingerprint density at radius 2 is 1.89 bits per heavy atom. The summed E-state index contributed by atoms with van der Waals surface area (Å²) in [5, 5.41) is 11.3. The molecule has 2 heterocycles. The number of rotatable bonds is 9. The lowest BCUT2D eigenvalue weighted by Crippen LogP contribution is -2.38. The van der Waals surface area contributed by atoms with Crippen molar-refractivity contribution in [3.8, 4) is 5.75 Å². The molecule has 1 unspecified atom stereocenters. The zero-order chi connectivity index (χ0) is 24.8. The first-order valence-corrected chi connectivity index (χ1v) is 12.0. The Morgan fingerprint density at radius 3 is 2.57 bits per heavy atom. The van der Waals surface area contributed by atoms with Crippen molar-refractivity contribution in [3.63, 3.8) is 0 Å². The van der Waals surface area contributed by atoms with Crippen LogP contribution in [0, 0.1) is 6.92 Å². The third kappa shape index (κ3) is 5.47. The number of amides is 1. The number of benzene rings is 2. The molecule has 2 aromatic rings. The highest BCUT2D eigenvalue weighted by molar-refractivity contribution is 6.46. The Hall–Kier alpha value is -3.42. The summed E-state index contributed by atoms with van der Waals surface area (Å²) in [5.74, 6) is -0.761. The van der Waals surface area contributed by atoms with Crippen LogP contribution in [-0.2, 0) is 14.3 Å². The molecular weight excluding hydrogens is 444 g/mol. The number of aryl methyl sites for hydroxylation is 1. The molecule has 2 fully saturated rings. The molecule has 0 bridgehead atoms. The minimum absolute atomic E-state index is 0.121. The van der Waals surface area contributed by atoms with E-state index < -0.39 is 17.7 Å². The molecule has 2 aliphatic rings. The summed E-state index contributed by atoms with van der Waals surface area (Å²) in [5.41, 5.74) is 2.16. The number of Topliss-reactive ketones (excluding diaryl/α,β-unsaturated/α-hetero) is 1. The zero-order valence-corrected chi connectivity index (χ0v) is 20.1. The van der Waals surface area contributed by atoms with Crippen molar-refractivity contribution < 1.29 is 24.2 Å². The first-order chi connectivity index (χ1) is 17.0. The molecule has 1 atom stereocenters. The van der Waals surface area contributed by atoms with Crippen molar-refractivity contribution in [1.29, 1.82) is 0 Å². The maximum absolute atomic E-state index is 13.2. The number of aliphatic hydroxyl groups is 1. The average molecular weight is 477 g/mol. The Labute approximate surface area is 206 Å². The molecule has 2 saturated heterocycles. The SMILES string of the molecule is C=CCOc1ccc(/C(O)=C2/C(=O)C(=O)N(CCCN3CCOCC3)C2c2ccccc2)c(C)c1. The minimum Gasteiger partial charge on any atom is -0.507 e. The standard InChI is InChI=1S/C28H32N2O5/c1-3-16-35-22-10-11-23(20(2)19-22)26(31)24-25(21-8-5-4-6-9-21)30(28(33)27(24)32)13-7-12-29-14-17-34-18-15-29/h3-6,8-11,19,25,31H,1,7,12-18H2,2H3/b26-24-. The Kier molecular flexibility index (Phi) is 8.00. The summed E-state index contributed by atoms with van der Waals surface area (Å²) in [6, 6.07) is 14.0. The molecule has 35 heavy (non-hydrogen) atoms. The Balaban J connectivity index is 1.65. The highest BCUT2D eigenvalue weighted by atomic mass is 16.5. The van der Waals surface area contributed by atoms with Gasteiger partial charge in [0.05, 0.1) is 24.8 Å². The van der Waals surface area contributed by atoms with Crippen LogP contribution in [0.4, 0.5) is 0 Å². The van der Waals surface area contributed by atoms with Gasteiger partial charge in [0.2, 0.25) is 0 Å². The van der Waals surface area contributed by atoms with Crippen LogP contribution in [0.2, 0.25) is 0 Å². The quantitative estimate of drug-likeness (QED) is 0.257. The van der Waals surface area contributed by atoms with Crippen LogP contribution in [0.5, 0.6) is 5.75 Å². The molecule has 0 spiro atoms. The molecule has 0 aromatic heterocycles. The number of carbonyl (C=O) groups is 2. The van der Waals surface area contributed by atoms with Gasteiger partial charge in [-0.05, 0) is 42.7 Å². The summed E-state index contributed by atoms with van der Waals surface area (Å²) in [4.78, 5) is 30.3. The van der Waals surface area contributed by atoms with Gasteiger partial charge in [0.15, 0.2) is 0 Å². The monoisotopic (exact) mass is 476 g/mol. The number of nitrogens with zero attached hydrogens (tertiary/aromatic N) is 2. The second-order valence-electron chi connectivity index (χ2n) is 8.79. The van der Waals surface area contributed by atoms with Gasteiger partial charge in [0, 0.05) is 31.7 Å². The Morgan fingerprint density at radius 1 is 1.14 bits per heavy atom. The summed E-state index contributed by atoms with van der Waals surface area (Å²) < 4.78 is 11.0. The van der Waals surface area contributed by atoms with E-state index in [1.807, 2.05) is 37.3 Å². The predicted octanol–water partition coefficient (Wildman–Crippen LogP) is 3.70. The molecule has 0 aliphatic carbocycles. The van der Waals surface area contributed by atoms with E-state index in [2.05, 4.69) is 11.5 Å². The molecule has 2 aromatic carbocycles. The fraction of sp³-hybridized carbons (Fsp3) is 0.357. The second kappa shape index (κ2) is 11.3. The fourth-order valence-electron chi connectivity index (χ4n) is 4.67. The van der Waals surface area contributed by atoms with Gasteiger partial charge in [-0.15, -0.1) is 0 Å². The first kappa shape index (κ1) is 24.7. The van der Waals surface area contributed by atoms with Gasteiger partial charge in [-0.1, -0.05) is 43.0 Å². The van der Waals surface area contributed by atoms with E-state index in [-0.39, 0.29) is 11.3 Å². The van der Waals surface area contributed by atoms with Crippen LogP contribution >= 0.6 is 0 Å². The highest BCUT2D eigenvalue weighted by Crippen LogP contribution is 2.40. The molecular formula is C28H32N2O5. The molecule has 1 amide bonds. The van der Waals surface area contributed by atoms with Gasteiger partial charge in [0.25, 0.3) is 11.7 Å². The smallest absolute Gasteiger partial charge is 0.295 e. The molecule has 1 N–H and O–H groups in total. The maximum atomic E-state index is 13.2. The maximum Gasteiger partial charge on any atom is 0.295 e. The van der Waals surface area contributed by atoms with Crippen LogP contribution in [-0.4, -0.2) is 72.6 Å². The molecule has 7 heteroatoms. The van der Waals surface area contributed by atoms with Crippen molar-refractivity contribution in [2.45, 2.75) is 19.4 Å². The van der Waals surface area contributed by atoms with E-state index in [9.17, 15) is 14.7 Å². The van der Waals surface area contributed by atoms with Gasteiger partial charge >= 0.3 is 0 Å². The molecule has 184 valence electrons. The van der Waals surface area contributed by atoms with Crippen LogP contribution in [0.15, 0.2) is 66.8 Å². The third-order valence-electron chi connectivity index (χ3n) is 6.45. The van der Waals surface area contributed by atoms with E-state index in [1.54, 1.807) is 29.2 Å². The predicted molar refractivity (Wildman–Crippen MR) is 134 cm³/mol. The fourth-order valence-corrected chi connectivity index (χ4v) is 4.67. The van der Waals surface area contributed by atoms with Crippen LogP contribution < -0.4 is 4.74 Å². The molecule has 7 nitrogen and oxygen atoms in total. The van der Waals surface area contributed by atoms with E-state index in [4.69, 9.17) is 9.47 Å². The number of hydrogen-bond acceptors (Lipinski definition) is 6. The average Bonchev–Trinajstić information content (AvgIpc) is 3.13. The number of carbonyl (C=O) groups excluding carboxylic acids is 2. The lowest BCUT2D eigenvalue weighted by molar-refractivity contribution is -0.140. The molecule has 0 radical (unpaired) electrons. The number of hydrogen-bond donors (Lipinski definition) is 1. The van der Waals surface area contributed by atoms with Crippen molar-refractivity contribution in [3.05, 3.63) is 83.4 Å². The topological polar surface area (TPSA) is 79.3 Å². The van der Waals surface area contributed by atoms with Crippen LogP contribution in [0.3, 0.4) is 0 Å². The number of morpholine rings is 1. The second-order valence-corrected chi connectivity index (χ2v) is 8.79. The Bertz CT molecular complexity index is 1110. The van der Waals surface area contributed by atoms with Crippen molar-refractivity contribution in [2.75, 3.05) is 46.0 Å². The number of ether oxygens (including phenoxy) is 2. The largest absolute Gasteiger partial charge is 0.507 e. The van der Waals surface area contributed by atoms with Crippen molar-refractivity contribution in [2.24, 2.45) is 0 Å². The van der Waals surface area contributed by atoms with Crippen molar-refractivity contribution in [1.82, 2.24) is 9.80 Å². The lowest BCUT2D eigenvalue weighted by Gasteiger charge is -2.29. The van der Waals surface area contributed by atoms with Gasteiger partial charge in [-0.3, -0.25) is 14.5 Å². The number of ketones is 1. The van der Waals surface area contributed by atoms with Crippen LogP contribution in [0.1, 0.15) is 29.2 Å². The lowest BCUT2D eigenvalue weighted by atomic mass is 9.94. The molecule has 4 rings (SSSR count). The minimum atomic E-state index is -0.658. The summed E-state index contributed by atoms with van der Waals surface area (Å²) in [6.07, 6.45) is 2.38. The molecule has 0 saturated carbocycles.